The van der Waals surface area contributed by atoms with Crippen molar-refractivity contribution < 1.29 is 23.7 Å². The average molecular weight is 329 g/mol. The predicted molar refractivity (Wildman–Crippen MR) is 90.6 cm³/mol. The van der Waals surface area contributed by atoms with Crippen molar-refractivity contribution in [3.63, 3.8) is 0 Å². The van der Waals surface area contributed by atoms with E-state index in [0.29, 0.717) is 34.1 Å². The molecule has 0 N–H and O–H groups in total. The second-order valence-corrected chi connectivity index (χ2v) is 4.74. The molecule has 0 aliphatic heterocycles. The van der Waals surface area contributed by atoms with Crippen LogP contribution in [0.5, 0.6) is 17.2 Å². The van der Waals surface area contributed by atoms with Crippen molar-refractivity contribution in [2.75, 3.05) is 28.4 Å². The van der Waals surface area contributed by atoms with Gasteiger partial charge in [-0.2, -0.15) is 0 Å². The molecule has 2 aromatic rings. The standard InChI is InChI=1S/C18H19NO5/c1-21-14-7-8-19-13(10-14)6-5-12-9-15(22-2)11-16(23-3)17(12)18(20)24-4/h5-11H,1-4H3/b6-5+. The molecule has 126 valence electrons. The first kappa shape index (κ1) is 17.3. The Morgan fingerprint density at radius 1 is 0.958 bits per heavy atom. The van der Waals surface area contributed by atoms with Gasteiger partial charge in [0, 0.05) is 18.3 Å². The van der Waals surface area contributed by atoms with Crippen LogP contribution in [0.1, 0.15) is 21.6 Å². The molecule has 1 heterocycles. The Kier molecular flexibility index (Phi) is 5.78. The van der Waals surface area contributed by atoms with Crippen LogP contribution < -0.4 is 14.2 Å². The molecule has 0 amide bonds. The lowest BCUT2D eigenvalue weighted by Gasteiger charge is -2.12. The molecule has 0 atom stereocenters. The number of hydrogen-bond acceptors (Lipinski definition) is 6. The van der Waals surface area contributed by atoms with Crippen molar-refractivity contribution in [1.29, 1.82) is 0 Å². The minimum absolute atomic E-state index is 0.319. The highest BCUT2D eigenvalue weighted by atomic mass is 16.5. The fourth-order valence-corrected chi connectivity index (χ4v) is 2.16. The molecule has 0 radical (unpaired) electrons. The summed E-state index contributed by atoms with van der Waals surface area (Å²) in [5, 5.41) is 0. The van der Waals surface area contributed by atoms with Gasteiger partial charge in [0.25, 0.3) is 0 Å². The van der Waals surface area contributed by atoms with E-state index in [-0.39, 0.29) is 0 Å². The maximum atomic E-state index is 12.1. The van der Waals surface area contributed by atoms with Crippen molar-refractivity contribution in [3.05, 3.63) is 47.3 Å². The molecular weight excluding hydrogens is 310 g/mol. The minimum Gasteiger partial charge on any atom is -0.497 e. The molecule has 24 heavy (non-hydrogen) atoms. The Labute approximate surface area is 140 Å². The molecular formula is C18H19NO5. The Hall–Kier alpha value is -3.02. The van der Waals surface area contributed by atoms with Gasteiger partial charge in [0.2, 0.25) is 0 Å². The van der Waals surface area contributed by atoms with Gasteiger partial charge in [-0.15, -0.1) is 0 Å². The van der Waals surface area contributed by atoms with Crippen molar-refractivity contribution >= 4 is 18.1 Å². The van der Waals surface area contributed by atoms with Crippen molar-refractivity contribution in [2.45, 2.75) is 0 Å². The molecule has 6 heteroatoms. The molecule has 6 nitrogen and oxygen atoms in total. The molecule has 2 rings (SSSR count). The molecule has 0 bridgehead atoms. The van der Waals surface area contributed by atoms with Gasteiger partial charge in [-0.1, -0.05) is 6.08 Å². The molecule has 0 saturated carbocycles. The molecule has 0 spiro atoms. The number of carbonyl (C=O) groups excluding carboxylic acids is 1. The summed E-state index contributed by atoms with van der Waals surface area (Å²) >= 11 is 0. The van der Waals surface area contributed by atoms with E-state index < -0.39 is 5.97 Å². The van der Waals surface area contributed by atoms with E-state index in [4.69, 9.17) is 18.9 Å². The molecule has 0 unspecified atom stereocenters. The van der Waals surface area contributed by atoms with Gasteiger partial charge in [-0.25, -0.2) is 4.79 Å². The van der Waals surface area contributed by atoms with Crippen LogP contribution in [0.3, 0.4) is 0 Å². The summed E-state index contributed by atoms with van der Waals surface area (Å²) in [5.41, 5.74) is 1.61. The number of rotatable bonds is 6. The number of pyridine rings is 1. The fraction of sp³-hybridized carbons (Fsp3) is 0.222. The van der Waals surface area contributed by atoms with Crippen molar-refractivity contribution in [1.82, 2.24) is 4.98 Å². The monoisotopic (exact) mass is 329 g/mol. The third-order valence-electron chi connectivity index (χ3n) is 3.37. The zero-order chi connectivity index (χ0) is 17.5. The van der Waals surface area contributed by atoms with Crippen LogP contribution >= 0.6 is 0 Å². The van der Waals surface area contributed by atoms with Crippen LogP contribution in [0.2, 0.25) is 0 Å². The summed E-state index contributed by atoms with van der Waals surface area (Å²) in [6.45, 7) is 0. The number of ether oxygens (including phenoxy) is 4. The van der Waals surface area contributed by atoms with Crippen molar-refractivity contribution in [2.24, 2.45) is 0 Å². The number of nitrogens with zero attached hydrogens (tertiary/aromatic N) is 1. The first-order chi connectivity index (χ1) is 11.6. The number of carbonyl (C=O) groups is 1. The lowest BCUT2D eigenvalue weighted by atomic mass is 10.0. The number of methoxy groups -OCH3 is 4. The summed E-state index contributed by atoms with van der Waals surface area (Å²) in [5.74, 6) is 1.14. The predicted octanol–water partition coefficient (Wildman–Crippen LogP) is 3.06. The average Bonchev–Trinajstić information content (AvgIpc) is 2.64. The normalized spacial score (nSPS) is 10.5. The zero-order valence-electron chi connectivity index (χ0n) is 14.0. The third kappa shape index (κ3) is 3.84. The fourth-order valence-electron chi connectivity index (χ4n) is 2.16. The largest absolute Gasteiger partial charge is 0.497 e. The van der Waals surface area contributed by atoms with Crippen LogP contribution in [-0.4, -0.2) is 39.4 Å². The van der Waals surface area contributed by atoms with Gasteiger partial charge in [-0.05, 0) is 23.8 Å². The molecule has 0 saturated heterocycles. The summed E-state index contributed by atoms with van der Waals surface area (Å²) in [6.07, 6.45) is 5.16. The lowest BCUT2D eigenvalue weighted by Crippen LogP contribution is -2.07. The van der Waals surface area contributed by atoms with E-state index in [9.17, 15) is 4.79 Å². The molecule has 1 aromatic carbocycles. The second kappa shape index (κ2) is 8.01. The highest BCUT2D eigenvalue weighted by Crippen LogP contribution is 2.30. The lowest BCUT2D eigenvalue weighted by molar-refractivity contribution is 0.0597. The Bertz CT molecular complexity index is 755. The van der Waals surface area contributed by atoms with E-state index in [2.05, 4.69) is 4.98 Å². The quantitative estimate of drug-likeness (QED) is 0.759. The SMILES string of the molecule is COC(=O)c1c(/C=C/c2cc(OC)ccn2)cc(OC)cc1OC. The van der Waals surface area contributed by atoms with E-state index in [0.717, 1.165) is 0 Å². The van der Waals surface area contributed by atoms with Crippen molar-refractivity contribution in [3.8, 4) is 17.2 Å². The maximum absolute atomic E-state index is 12.1. The van der Waals surface area contributed by atoms with Crippen LogP contribution in [0, 0.1) is 0 Å². The topological polar surface area (TPSA) is 66.9 Å². The van der Waals surface area contributed by atoms with Crippen LogP contribution in [0.25, 0.3) is 12.2 Å². The molecule has 0 aliphatic carbocycles. The summed E-state index contributed by atoms with van der Waals surface area (Å²) in [7, 11) is 5.94. The van der Waals surface area contributed by atoms with E-state index in [1.165, 1.54) is 14.2 Å². The van der Waals surface area contributed by atoms with Gasteiger partial charge in [0.05, 0.1) is 34.1 Å². The van der Waals surface area contributed by atoms with Gasteiger partial charge < -0.3 is 18.9 Å². The number of benzene rings is 1. The van der Waals surface area contributed by atoms with Gasteiger partial charge >= 0.3 is 5.97 Å². The number of hydrogen-bond donors (Lipinski definition) is 0. The summed E-state index contributed by atoms with van der Waals surface area (Å²) in [6, 6.07) is 6.90. The first-order valence-electron chi connectivity index (χ1n) is 7.15. The minimum atomic E-state index is -0.493. The number of aromatic nitrogens is 1. The Morgan fingerprint density at radius 3 is 2.33 bits per heavy atom. The summed E-state index contributed by atoms with van der Waals surface area (Å²) < 4.78 is 20.6. The van der Waals surface area contributed by atoms with Crippen LogP contribution in [0.4, 0.5) is 0 Å². The maximum Gasteiger partial charge on any atom is 0.342 e. The third-order valence-corrected chi connectivity index (χ3v) is 3.37. The first-order valence-corrected chi connectivity index (χ1v) is 7.15. The Balaban J connectivity index is 2.50. The molecule has 0 fully saturated rings. The van der Waals surface area contributed by atoms with Gasteiger partial charge in [0.1, 0.15) is 22.8 Å². The van der Waals surface area contributed by atoms with E-state index in [1.807, 2.05) is 0 Å². The molecule has 0 aliphatic rings. The van der Waals surface area contributed by atoms with E-state index >= 15 is 0 Å². The van der Waals surface area contributed by atoms with Gasteiger partial charge in [0.15, 0.2) is 0 Å². The molecule has 1 aromatic heterocycles. The highest BCUT2D eigenvalue weighted by Gasteiger charge is 2.18. The smallest absolute Gasteiger partial charge is 0.342 e. The van der Waals surface area contributed by atoms with Gasteiger partial charge in [-0.3, -0.25) is 4.98 Å². The second-order valence-electron chi connectivity index (χ2n) is 4.74. The van der Waals surface area contributed by atoms with E-state index in [1.54, 1.807) is 56.8 Å². The van der Waals surface area contributed by atoms with Crippen LogP contribution in [0.15, 0.2) is 30.5 Å². The Morgan fingerprint density at radius 2 is 1.71 bits per heavy atom. The summed E-state index contributed by atoms with van der Waals surface area (Å²) in [4.78, 5) is 16.3. The highest BCUT2D eigenvalue weighted by molar-refractivity contribution is 5.98. The van der Waals surface area contributed by atoms with Crippen LogP contribution in [-0.2, 0) is 4.74 Å². The number of esters is 1. The zero-order valence-corrected chi connectivity index (χ0v) is 14.0.